The fraction of sp³-hybridized carbons (Fsp3) is 0.500. The van der Waals surface area contributed by atoms with E-state index < -0.39 is 5.97 Å². The fourth-order valence-electron chi connectivity index (χ4n) is 1.43. The van der Waals surface area contributed by atoms with Crippen LogP contribution in [0.2, 0.25) is 0 Å². The molecule has 0 aliphatic carbocycles. The van der Waals surface area contributed by atoms with Gasteiger partial charge in [0.05, 0.1) is 6.42 Å². The Hall–Kier alpha value is -0.830. The molecule has 0 saturated carbocycles. The molecule has 1 atom stereocenters. The summed E-state index contributed by atoms with van der Waals surface area (Å²) in [6.07, 6.45) is 1.22. The van der Waals surface area contributed by atoms with Crippen molar-refractivity contribution in [3.8, 4) is 0 Å². The first kappa shape index (κ1) is 10.3. The van der Waals surface area contributed by atoms with Crippen LogP contribution in [0.25, 0.3) is 0 Å². The van der Waals surface area contributed by atoms with Gasteiger partial charge in [0.25, 0.3) is 0 Å². The van der Waals surface area contributed by atoms with Crippen LogP contribution in [0.1, 0.15) is 36.6 Å². The average Bonchev–Trinajstić information content (AvgIpc) is 2.49. The number of aryl methyl sites for hydroxylation is 1. The van der Waals surface area contributed by atoms with Gasteiger partial charge in [-0.1, -0.05) is 13.8 Å². The molecular weight excluding hydrogens is 184 g/mol. The van der Waals surface area contributed by atoms with Crippen LogP contribution in [0.15, 0.2) is 11.4 Å². The van der Waals surface area contributed by atoms with Gasteiger partial charge in [-0.3, -0.25) is 4.79 Å². The van der Waals surface area contributed by atoms with Crippen molar-refractivity contribution in [1.82, 2.24) is 0 Å². The lowest BCUT2D eigenvalue weighted by molar-refractivity contribution is -0.137. The lowest BCUT2D eigenvalue weighted by Crippen LogP contribution is -2.02. The van der Waals surface area contributed by atoms with E-state index in [0.717, 1.165) is 6.42 Å². The molecule has 1 aromatic rings. The minimum atomic E-state index is -0.719. The van der Waals surface area contributed by atoms with Gasteiger partial charge < -0.3 is 5.11 Å². The minimum absolute atomic E-state index is 0.146. The highest BCUT2D eigenvalue weighted by Gasteiger charge is 2.14. The van der Waals surface area contributed by atoms with Crippen LogP contribution in [0, 0.1) is 0 Å². The number of thiophene rings is 1. The van der Waals surface area contributed by atoms with Gasteiger partial charge in [0.2, 0.25) is 0 Å². The summed E-state index contributed by atoms with van der Waals surface area (Å²) in [6.45, 7) is 4.07. The van der Waals surface area contributed by atoms with Gasteiger partial charge in [0, 0.05) is 10.8 Å². The van der Waals surface area contributed by atoms with Gasteiger partial charge in [-0.2, -0.15) is 0 Å². The molecule has 0 fully saturated rings. The first-order valence-electron chi connectivity index (χ1n) is 4.43. The first-order valence-corrected chi connectivity index (χ1v) is 5.31. The maximum Gasteiger partial charge on any atom is 0.303 e. The summed E-state index contributed by atoms with van der Waals surface area (Å²) in [6, 6.07) is 2.08. The summed E-state index contributed by atoms with van der Waals surface area (Å²) in [7, 11) is 0. The van der Waals surface area contributed by atoms with Gasteiger partial charge in [0.15, 0.2) is 0 Å². The van der Waals surface area contributed by atoms with Gasteiger partial charge >= 0.3 is 5.97 Å². The molecule has 3 heteroatoms. The monoisotopic (exact) mass is 198 g/mol. The molecule has 1 N–H and O–H groups in total. The quantitative estimate of drug-likeness (QED) is 0.807. The SMILES string of the molecule is CCc1ccsc1C(C)CC(=O)O. The van der Waals surface area contributed by atoms with Crippen molar-refractivity contribution in [2.75, 3.05) is 0 Å². The van der Waals surface area contributed by atoms with Crippen molar-refractivity contribution in [2.45, 2.75) is 32.6 Å². The van der Waals surface area contributed by atoms with E-state index in [1.54, 1.807) is 11.3 Å². The first-order chi connectivity index (χ1) is 6.15. The predicted molar refractivity (Wildman–Crippen MR) is 54.4 cm³/mol. The smallest absolute Gasteiger partial charge is 0.303 e. The molecule has 0 bridgehead atoms. The third-order valence-corrected chi connectivity index (χ3v) is 3.28. The Kier molecular flexibility index (Phi) is 3.48. The number of aliphatic carboxylic acids is 1. The number of carboxylic acids is 1. The molecule has 1 aromatic heterocycles. The van der Waals surface area contributed by atoms with E-state index in [1.807, 2.05) is 12.3 Å². The number of hydrogen-bond donors (Lipinski definition) is 1. The molecule has 13 heavy (non-hydrogen) atoms. The summed E-state index contributed by atoms with van der Waals surface area (Å²) in [5.74, 6) is -0.574. The summed E-state index contributed by atoms with van der Waals surface area (Å²) in [4.78, 5) is 11.7. The van der Waals surface area contributed by atoms with Gasteiger partial charge in [-0.25, -0.2) is 0 Å². The second-order valence-electron chi connectivity index (χ2n) is 3.16. The van der Waals surface area contributed by atoms with Crippen molar-refractivity contribution in [1.29, 1.82) is 0 Å². The fourth-order valence-corrected chi connectivity index (χ4v) is 2.48. The lowest BCUT2D eigenvalue weighted by Gasteiger charge is -2.08. The molecule has 1 heterocycles. The molecular formula is C10H14O2S. The molecule has 0 spiro atoms. The van der Waals surface area contributed by atoms with Gasteiger partial charge in [-0.05, 0) is 23.4 Å². The zero-order chi connectivity index (χ0) is 9.84. The maximum atomic E-state index is 10.5. The van der Waals surface area contributed by atoms with Crippen molar-refractivity contribution in [3.63, 3.8) is 0 Å². The summed E-state index contributed by atoms with van der Waals surface area (Å²) >= 11 is 1.66. The van der Waals surface area contributed by atoms with Crippen LogP contribution in [0.5, 0.6) is 0 Å². The molecule has 1 rings (SSSR count). The van der Waals surface area contributed by atoms with E-state index in [2.05, 4.69) is 13.0 Å². The Morgan fingerprint density at radius 1 is 1.69 bits per heavy atom. The highest BCUT2D eigenvalue weighted by molar-refractivity contribution is 7.10. The van der Waals surface area contributed by atoms with E-state index in [0.29, 0.717) is 0 Å². The van der Waals surface area contributed by atoms with E-state index >= 15 is 0 Å². The average molecular weight is 198 g/mol. The zero-order valence-corrected chi connectivity index (χ0v) is 8.73. The Morgan fingerprint density at radius 2 is 2.38 bits per heavy atom. The molecule has 72 valence electrons. The topological polar surface area (TPSA) is 37.3 Å². The van der Waals surface area contributed by atoms with Crippen LogP contribution < -0.4 is 0 Å². The van der Waals surface area contributed by atoms with Gasteiger partial charge in [0.1, 0.15) is 0 Å². The number of hydrogen-bond acceptors (Lipinski definition) is 2. The maximum absolute atomic E-state index is 10.5. The van der Waals surface area contributed by atoms with Crippen LogP contribution in [-0.4, -0.2) is 11.1 Å². The molecule has 1 unspecified atom stereocenters. The molecule has 0 aliphatic rings. The third-order valence-electron chi connectivity index (χ3n) is 2.09. The number of carbonyl (C=O) groups is 1. The molecule has 0 saturated heterocycles. The zero-order valence-electron chi connectivity index (χ0n) is 7.91. The van der Waals surface area contributed by atoms with Crippen molar-refractivity contribution in [3.05, 3.63) is 21.9 Å². The normalized spacial score (nSPS) is 12.8. The highest BCUT2D eigenvalue weighted by Crippen LogP contribution is 2.28. The molecule has 0 aromatic carbocycles. The third kappa shape index (κ3) is 2.56. The van der Waals surface area contributed by atoms with Crippen molar-refractivity contribution >= 4 is 17.3 Å². The number of rotatable bonds is 4. The minimum Gasteiger partial charge on any atom is -0.481 e. The second-order valence-corrected chi connectivity index (χ2v) is 4.11. The van der Waals surface area contributed by atoms with E-state index in [9.17, 15) is 4.79 Å². The summed E-state index contributed by atoms with van der Waals surface area (Å²) < 4.78 is 0. The van der Waals surface area contributed by atoms with Crippen molar-refractivity contribution in [2.24, 2.45) is 0 Å². The molecule has 2 nitrogen and oxygen atoms in total. The Balaban J connectivity index is 2.75. The van der Waals surface area contributed by atoms with E-state index in [4.69, 9.17) is 5.11 Å². The Morgan fingerprint density at radius 3 is 2.92 bits per heavy atom. The molecule has 0 radical (unpaired) electrons. The predicted octanol–water partition coefficient (Wildman–Crippen LogP) is 2.89. The summed E-state index contributed by atoms with van der Waals surface area (Å²) in [5.41, 5.74) is 1.29. The van der Waals surface area contributed by atoms with Crippen LogP contribution in [0.3, 0.4) is 0 Å². The van der Waals surface area contributed by atoms with E-state index in [1.165, 1.54) is 10.4 Å². The standard InChI is InChI=1S/C10H14O2S/c1-3-8-4-5-13-10(8)7(2)6-9(11)12/h4-5,7H,3,6H2,1-2H3,(H,11,12). The van der Waals surface area contributed by atoms with Crippen LogP contribution in [0.4, 0.5) is 0 Å². The lowest BCUT2D eigenvalue weighted by atomic mass is 10.0. The highest BCUT2D eigenvalue weighted by atomic mass is 32.1. The largest absolute Gasteiger partial charge is 0.481 e. The van der Waals surface area contributed by atoms with E-state index in [-0.39, 0.29) is 12.3 Å². The van der Waals surface area contributed by atoms with Crippen molar-refractivity contribution < 1.29 is 9.90 Å². The number of carboxylic acid groups (broad SMARTS) is 1. The molecule has 0 amide bonds. The van der Waals surface area contributed by atoms with Crippen LogP contribution in [-0.2, 0) is 11.2 Å². The Bertz CT molecular complexity index is 291. The van der Waals surface area contributed by atoms with Gasteiger partial charge in [-0.15, -0.1) is 11.3 Å². The Labute approximate surface area is 82.2 Å². The summed E-state index contributed by atoms with van der Waals surface area (Å²) in [5, 5.41) is 10.7. The van der Waals surface area contributed by atoms with Crippen LogP contribution >= 0.6 is 11.3 Å². The second kappa shape index (κ2) is 4.42. The molecule has 0 aliphatic heterocycles.